The van der Waals surface area contributed by atoms with Crippen LogP contribution in [0.3, 0.4) is 0 Å². The molecule has 2 heteroatoms. The molecule has 1 rings (SSSR count). The van der Waals surface area contributed by atoms with E-state index in [1.54, 1.807) is 0 Å². The Hall–Kier alpha value is -0.340. The zero-order chi connectivity index (χ0) is 15.2. The molecule has 0 aromatic carbocycles. The first-order chi connectivity index (χ1) is 9.30. The molecular weight excluding hydrogens is 280 g/mol. The second kappa shape index (κ2) is 7.61. The molecule has 1 atom stereocenters. The third kappa shape index (κ3) is 6.41. The van der Waals surface area contributed by atoms with Gasteiger partial charge in [-0.2, -0.15) is 23.5 Å². The Kier molecular flexibility index (Phi) is 6.74. The van der Waals surface area contributed by atoms with Crippen LogP contribution >= 0.6 is 23.5 Å². The highest BCUT2D eigenvalue weighted by Gasteiger charge is 2.33. The Morgan fingerprint density at radius 3 is 2.40 bits per heavy atom. The predicted molar refractivity (Wildman–Crippen MR) is 98.8 cm³/mol. The number of hydrogen-bond acceptors (Lipinski definition) is 2. The molecule has 0 aromatic rings. The average Bonchev–Trinajstić information content (AvgIpc) is 3.14. The minimum Gasteiger partial charge on any atom is -0.156 e. The summed E-state index contributed by atoms with van der Waals surface area (Å²) >= 11 is 4.20. The van der Waals surface area contributed by atoms with Gasteiger partial charge in [-0.25, -0.2) is 0 Å². The summed E-state index contributed by atoms with van der Waals surface area (Å²) in [4.78, 5) is 0. The Bertz CT molecular complexity index is 396. The molecule has 1 aliphatic rings. The largest absolute Gasteiger partial charge is 0.156 e. The molecule has 1 saturated heterocycles. The van der Waals surface area contributed by atoms with Gasteiger partial charge in [0, 0.05) is 21.5 Å². The lowest BCUT2D eigenvalue weighted by Crippen LogP contribution is -2.27. The molecule has 1 unspecified atom stereocenters. The molecular formula is C18H28S2. The van der Waals surface area contributed by atoms with Crippen LogP contribution in [0.15, 0.2) is 49.1 Å². The maximum Gasteiger partial charge on any atom is 0.0229 e. The number of rotatable bonds is 9. The lowest BCUT2D eigenvalue weighted by Gasteiger charge is -2.35. The van der Waals surface area contributed by atoms with Crippen molar-refractivity contribution in [1.82, 2.24) is 0 Å². The second-order valence-electron chi connectivity index (χ2n) is 6.54. The second-order valence-corrected chi connectivity index (χ2v) is 9.60. The normalized spacial score (nSPS) is 20.2. The van der Waals surface area contributed by atoms with E-state index in [-0.39, 0.29) is 5.41 Å². The van der Waals surface area contributed by atoms with Crippen LogP contribution in [0.2, 0.25) is 0 Å². The van der Waals surface area contributed by atoms with Crippen molar-refractivity contribution < 1.29 is 0 Å². The van der Waals surface area contributed by atoms with Crippen molar-refractivity contribution in [2.75, 3.05) is 11.5 Å². The third-order valence-electron chi connectivity index (χ3n) is 3.42. The summed E-state index contributed by atoms with van der Waals surface area (Å²) in [5.41, 5.74) is 1.46. The van der Waals surface area contributed by atoms with E-state index >= 15 is 0 Å². The highest BCUT2D eigenvalue weighted by molar-refractivity contribution is 8.09. The SMILES string of the molecule is C=C/C=C\C(=C/C=C)C(C)(C)CC(C)(C)SCC1CS1. The van der Waals surface area contributed by atoms with E-state index in [1.165, 1.54) is 17.1 Å². The third-order valence-corrected chi connectivity index (χ3v) is 6.10. The van der Waals surface area contributed by atoms with E-state index in [9.17, 15) is 0 Å². The van der Waals surface area contributed by atoms with Gasteiger partial charge in [-0.15, -0.1) is 0 Å². The topological polar surface area (TPSA) is 0 Å². The Labute approximate surface area is 133 Å². The Balaban J connectivity index is 2.72. The van der Waals surface area contributed by atoms with Gasteiger partial charge in [0.15, 0.2) is 0 Å². The monoisotopic (exact) mass is 308 g/mol. The number of hydrogen-bond donors (Lipinski definition) is 0. The fourth-order valence-corrected chi connectivity index (χ4v) is 4.72. The van der Waals surface area contributed by atoms with Crippen molar-refractivity contribution >= 4 is 23.5 Å². The van der Waals surface area contributed by atoms with Crippen molar-refractivity contribution in [3.8, 4) is 0 Å². The first kappa shape index (κ1) is 17.7. The van der Waals surface area contributed by atoms with Crippen LogP contribution in [-0.2, 0) is 0 Å². The summed E-state index contributed by atoms with van der Waals surface area (Å²) in [6.07, 6.45) is 11.2. The van der Waals surface area contributed by atoms with E-state index in [4.69, 9.17) is 0 Å². The standard InChI is InChI=1S/C18H28S2/c1-7-9-11-15(10-8-2)17(3,4)14-18(5,6)20-13-16-12-19-16/h7-11,16H,1-2,12-14H2,3-6H3/b11-9-,15-10+. The highest BCUT2D eigenvalue weighted by atomic mass is 32.2. The first-order valence-corrected chi connectivity index (χ1v) is 9.22. The maximum absolute atomic E-state index is 3.84. The predicted octanol–water partition coefficient (Wildman–Crippen LogP) is 5.88. The van der Waals surface area contributed by atoms with Crippen LogP contribution in [-0.4, -0.2) is 21.5 Å². The fraction of sp³-hybridized carbons (Fsp3) is 0.556. The maximum atomic E-state index is 3.84. The molecule has 0 amide bonds. The average molecular weight is 309 g/mol. The van der Waals surface area contributed by atoms with E-state index in [2.05, 4.69) is 76.5 Å². The van der Waals surface area contributed by atoms with Gasteiger partial charge in [0.2, 0.25) is 0 Å². The van der Waals surface area contributed by atoms with Crippen molar-refractivity contribution in [1.29, 1.82) is 0 Å². The molecule has 1 aliphatic heterocycles. The highest BCUT2D eigenvalue weighted by Crippen LogP contribution is 2.44. The van der Waals surface area contributed by atoms with E-state index < -0.39 is 0 Å². The van der Waals surface area contributed by atoms with Gasteiger partial charge in [-0.3, -0.25) is 0 Å². The minimum atomic E-state index is 0.140. The van der Waals surface area contributed by atoms with Gasteiger partial charge in [0.05, 0.1) is 0 Å². The molecule has 0 nitrogen and oxygen atoms in total. The number of allylic oxidation sites excluding steroid dienone is 6. The fourth-order valence-electron chi connectivity index (χ4n) is 2.51. The molecule has 0 radical (unpaired) electrons. The van der Waals surface area contributed by atoms with Crippen LogP contribution < -0.4 is 0 Å². The van der Waals surface area contributed by atoms with Crippen molar-refractivity contribution in [2.45, 2.75) is 44.1 Å². The van der Waals surface area contributed by atoms with Crippen molar-refractivity contribution in [3.05, 3.63) is 49.1 Å². The molecule has 0 N–H and O–H groups in total. The van der Waals surface area contributed by atoms with Gasteiger partial charge in [0.1, 0.15) is 0 Å². The van der Waals surface area contributed by atoms with Crippen LogP contribution in [0.5, 0.6) is 0 Å². The van der Waals surface area contributed by atoms with Crippen molar-refractivity contribution in [3.63, 3.8) is 0 Å². The minimum absolute atomic E-state index is 0.140. The Morgan fingerprint density at radius 2 is 1.90 bits per heavy atom. The summed E-state index contributed by atoms with van der Waals surface area (Å²) in [5, 5.41) is 0.909. The zero-order valence-electron chi connectivity index (χ0n) is 13.3. The van der Waals surface area contributed by atoms with Crippen LogP contribution in [0.1, 0.15) is 34.1 Å². The summed E-state index contributed by atoms with van der Waals surface area (Å²) in [7, 11) is 0. The lowest BCUT2D eigenvalue weighted by atomic mass is 9.76. The quantitative estimate of drug-likeness (QED) is 0.385. The molecule has 0 aliphatic carbocycles. The summed E-state index contributed by atoms with van der Waals surface area (Å²) in [6.45, 7) is 17.0. The smallest absolute Gasteiger partial charge is 0.0229 e. The zero-order valence-corrected chi connectivity index (χ0v) is 14.9. The van der Waals surface area contributed by atoms with Crippen LogP contribution in [0.4, 0.5) is 0 Å². The molecule has 0 saturated carbocycles. The first-order valence-electron chi connectivity index (χ1n) is 7.18. The molecule has 0 aromatic heterocycles. The molecule has 1 heterocycles. The van der Waals surface area contributed by atoms with E-state index in [1.807, 2.05) is 18.2 Å². The summed E-state index contributed by atoms with van der Waals surface area (Å²) in [5.74, 6) is 2.65. The van der Waals surface area contributed by atoms with Gasteiger partial charge in [-0.05, 0) is 17.4 Å². The molecule has 1 fully saturated rings. The van der Waals surface area contributed by atoms with Gasteiger partial charge >= 0.3 is 0 Å². The van der Waals surface area contributed by atoms with Crippen LogP contribution in [0.25, 0.3) is 0 Å². The number of thioether (sulfide) groups is 2. The summed E-state index contributed by atoms with van der Waals surface area (Å²) in [6, 6.07) is 0. The molecule has 112 valence electrons. The Morgan fingerprint density at radius 1 is 1.25 bits per heavy atom. The lowest BCUT2D eigenvalue weighted by molar-refractivity contribution is 0.373. The van der Waals surface area contributed by atoms with Gasteiger partial charge in [-0.1, -0.05) is 71.2 Å². The molecule has 0 bridgehead atoms. The molecule has 20 heavy (non-hydrogen) atoms. The van der Waals surface area contributed by atoms with E-state index in [0.717, 1.165) is 11.7 Å². The van der Waals surface area contributed by atoms with Crippen LogP contribution in [0, 0.1) is 5.41 Å². The molecule has 0 spiro atoms. The van der Waals surface area contributed by atoms with Gasteiger partial charge < -0.3 is 0 Å². The van der Waals surface area contributed by atoms with E-state index in [0.29, 0.717) is 4.75 Å². The van der Waals surface area contributed by atoms with Crippen molar-refractivity contribution in [2.24, 2.45) is 5.41 Å². The van der Waals surface area contributed by atoms with Gasteiger partial charge in [0.25, 0.3) is 0 Å². The summed E-state index contributed by atoms with van der Waals surface area (Å²) < 4.78 is 0.301.